The molecule has 1 unspecified atom stereocenters. The van der Waals surface area contributed by atoms with Gasteiger partial charge < -0.3 is 4.42 Å². The molecule has 1 aromatic heterocycles. The van der Waals surface area contributed by atoms with E-state index in [2.05, 4.69) is 26.1 Å². The lowest BCUT2D eigenvalue weighted by Crippen LogP contribution is -1.83. The minimum Gasteiger partial charge on any atom is -0.419 e. The molecule has 5 heteroatoms. The first-order chi connectivity index (χ1) is 7.59. The number of hydrogen-bond donors (Lipinski definition) is 0. The molecule has 84 valence electrons. The maximum absolute atomic E-state index is 5.87. The van der Waals surface area contributed by atoms with Crippen LogP contribution in [0, 0.1) is 6.92 Å². The van der Waals surface area contributed by atoms with Crippen molar-refractivity contribution in [3.63, 3.8) is 0 Å². The Bertz CT molecular complexity index is 510. The third-order valence-electron chi connectivity index (χ3n) is 2.20. The molecule has 3 nitrogen and oxygen atoms in total. The standard InChI is InChI=1S/C11H10BrClN2O/c1-6-4-3-5-8(9(6)12)11-15-14-10(16-11)7(2)13/h3-5,7H,1-2H3. The van der Waals surface area contributed by atoms with Gasteiger partial charge in [0.2, 0.25) is 11.8 Å². The lowest BCUT2D eigenvalue weighted by molar-refractivity contribution is 0.507. The van der Waals surface area contributed by atoms with Gasteiger partial charge in [-0.15, -0.1) is 21.8 Å². The van der Waals surface area contributed by atoms with Crippen LogP contribution in [0.5, 0.6) is 0 Å². The lowest BCUT2D eigenvalue weighted by Gasteiger charge is -2.02. The monoisotopic (exact) mass is 300 g/mol. The molecule has 0 N–H and O–H groups in total. The summed E-state index contributed by atoms with van der Waals surface area (Å²) in [5.41, 5.74) is 2.01. The van der Waals surface area contributed by atoms with Gasteiger partial charge >= 0.3 is 0 Å². The average Bonchev–Trinajstić information content (AvgIpc) is 2.71. The fraction of sp³-hybridized carbons (Fsp3) is 0.273. The van der Waals surface area contributed by atoms with Crippen LogP contribution >= 0.6 is 27.5 Å². The van der Waals surface area contributed by atoms with E-state index in [4.69, 9.17) is 16.0 Å². The maximum atomic E-state index is 5.87. The summed E-state index contributed by atoms with van der Waals surface area (Å²) < 4.78 is 6.45. The highest BCUT2D eigenvalue weighted by atomic mass is 79.9. The van der Waals surface area contributed by atoms with Gasteiger partial charge in [0.1, 0.15) is 5.38 Å². The fourth-order valence-corrected chi connectivity index (χ4v) is 1.84. The topological polar surface area (TPSA) is 38.9 Å². The molecular formula is C11H10BrClN2O. The number of nitrogens with zero attached hydrogens (tertiary/aromatic N) is 2. The summed E-state index contributed by atoms with van der Waals surface area (Å²) in [6, 6.07) is 5.88. The largest absolute Gasteiger partial charge is 0.419 e. The number of aryl methyl sites for hydroxylation is 1. The van der Waals surface area contributed by atoms with Gasteiger partial charge in [0.15, 0.2) is 0 Å². The van der Waals surface area contributed by atoms with E-state index < -0.39 is 0 Å². The van der Waals surface area contributed by atoms with Crippen molar-refractivity contribution in [2.45, 2.75) is 19.2 Å². The van der Waals surface area contributed by atoms with Gasteiger partial charge in [-0.3, -0.25) is 0 Å². The second-order valence-electron chi connectivity index (χ2n) is 3.50. The summed E-state index contributed by atoms with van der Waals surface area (Å²) in [4.78, 5) is 0. The van der Waals surface area contributed by atoms with E-state index in [1.54, 1.807) is 6.92 Å². The molecule has 16 heavy (non-hydrogen) atoms. The quantitative estimate of drug-likeness (QED) is 0.784. The van der Waals surface area contributed by atoms with E-state index in [1.165, 1.54) is 0 Å². The molecule has 1 atom stereocenters. The summed E-state index contributed by atoms with van der Waals surface area (Å²) in [5, 5.41) is 7.60. The van der Waals surface area contributed by atoms with Crippen molar-refractivity contribution in [1.29, 1.82) is 0 Å². The molecule has 0 amide bonds. The minimum absolute atomic E-state index is 0.273. The molecule has 0 aliphatic heterocycles. The van der Waals surface area contributed by atoms with Gasteiger partial charge in [0.25, 0.3) is 0 Å². The van der Waals surface area contributed by atoms with Crippen molar-refractivity contribution in [2.75, 3.05) is 0 Å². The van der Waals surface area contributed by atoms with E-state index in [1.807, 2.05) is 25.1 Å². The van der Waals surface area contributed by atoms with Crippen molar-refractivity contribution < 1.29 is 4.42 Å². The molecule has 0 radical (unpaired) electrons. The minimum atomic E-state index is -0.273. The van der Waals surface area contributed by atoms with Crippen LogP contribution in [-0.2, 0) is 0 Å². The number of aromatic nitrogens is 2. The molecule has 0 saturated carbocycles. The normalized spacial score (nSPS) is 12.8. The molecule has 0 aliphatic carbocycles. The van der Waals surface area contributed by atoms with Gasteiger partial charge in [0, 0.05) is 4.47 Å². The number of benzene rings is 1. The van der Waals surface area contributed by atoms with Crippen molar-refractivity contribution >= 4 is 27.5 Å². The molecule has 2 aromatic rings. The van der Waals surface area contributed by atoms with Crippen molar-refractivity contribution in [2.24, 2.45) is 0 Å². The Morgan fingerprint density at radius 3 is 2.75 bits per heavy atom. The highest BCUT2D eigenvalue weighted by molar-refractivity contribution is 9.10. The summed E-state index contributed by atoms with van der Waals surface area (Å²) in [5.74, 6) is 0.920. The Balaban J connectivity index is 2.47. The zero-order chi connectivity index (χ0) is 11.7. The van der Waals surface area contributed by atoms with Gasteiger partial charge in [-0.05, 0) is 41.4 Å². The summed E-state index contributed by atoms with van der Waals surface area (Å²) in [6.07, 6.45) is 0. The SMILES string of the molecule is Cc1cccc(-c2nnc(C(C)Cl)o2)c1Br. The highest BCUT2D eigenvalue weighted by Crippen LogP contribution is 2.31. The van der Waals surface area contributed by atoms with E-state index in [9.17, 15) is 0 Å². The first kappa shape index (κ1) is 11.6. The van der Waals surface area contributed by atoms with Gasteiger partial charge in [-0.2, -0.15) is 0 Å². The van der Waals surface area contributed by atoms with Gasteiger partial charge in [-0.25, -0.2) is 0 Å². The van der Waals surface area contributed by atoms with Crippen molar-refractivity contribution in [1.82, 2.24) is 10.2 Å². The van der Waals surface area contributed by atoms with Crippen molar-refractivity contribution in [3.8, 4) is 11.5 Å². The zero-order valence-electron chi connectivity index (χ0n) is 8.87. The van der Waals surface area contributed by atoms with Gasteiger partial charge in [-0.1, -0.05) is 12.1 Å². The van der Waals surface area contributed by atoms with Crippen LogP contribution in [0.4, 0.5) is 0 Å². The Kier molecular flexibility index (Phi) is 3.30. The van der Waals surface area contributed by atoms with E-state index in [0.29, 0.717) is 11.8 Å². The summed E-state index contributed by atoms with van der Waals surface area (Å²) in [6.45, 7) is 3.80. The predicted molar refractivity (Wildman–Crippen MR) is 66.4 cm³/mol. The van der Waals surface area contributed by atoms with E-state index in [-0.39, 0.29) is 5.38 Å². The third-order valence-corrected chi connectivity index (χ3v) is 3.44. The maximum Gasteiger partial charge on any atom is 0.248 e. The van der Waals surface area contributed by atoms with Crippen molar-refractivity contribution in [3.05, 3.63) is 34.1 Å². The highest BCUT2D eigenvalue weighted by Gasteiger charge is 2.15. The van der Waals surface area contributed by atoms with Crippen LogP contribution in [0.1, 0.15) is 23.8 Å². The first-order valence-corrected chi connectivity index (χ1v) is 6.05. The summed E-state index contributed by atoms with van der Waals surface area (Å²) in [7, 11) is 0. The fourth-order valence-electron chi connectivity index (χ4n) is 1.32. The number of hydrogen-bond acceptors (Lipinski definition) is 3. The van der Waals surface area contributed by atoms with Crippen LogP contribution in [0.2, 0.25) is 0 Å². The Morgan fingerprint density at radius 2 is 2.12 bits per heavy atom. The Morgan fingerprint density at radius 1 is 1.38 bits per heavy atom. The Labute approximate surface area is 107 Å². The molecule has 2 rings (SSSR count). The van der Waals surface area contributed by atoms with Crippen LogP contribution in [-0.4, -0.2) is 10.2 Å². The van der Waals surface area contributed by atoms with Gasteiger partial charge in [0.05, 0.1) is 5.56 Å². The number of alkyl halides is 1. The van der Waals surface area contributed by atoms with E-state index in [0.717, 1.165) is 15.6 Å². The lowest BCUT2D eigenvalue weighted by atomic mass is 10.1. The van der Waals surface area contributed by atoms with Crippen LogP contribution in [0.3, 0.4) is 0 Å². The Hall–Kier alpha value is -0.870. The molecule has 0 fully saturated rings. The molecule has 1 aromatic carbocycles. The average molecular weight is 302 g/mol. The summed E-state index contributed by atoms with van der Waals surface area (Å²) >= 11 is 9.37. The number of halogens is 2. The van der Waals surface area contributed by atoms with Crippen LogP contribution in [0.25, 0.3) is 11.5 Å². The van der Waals surface area contributed by atoms with E-state index >= 15 is 0 Å². The number of rotatable bonds is 2. The molecule has 1 heterocycles. The molecule has 0 aliphatic rings. The molecule has 0 saturated heterocycles. The second-order valence-corrected chi connectivity index (χ2v) is 4.95. The zero-order valence-corrected chi connectivity index (χ0v) is 11.2. The first-order valence-electron chi connectivity index (χ1n) is 4.82. The molecular weight excluding hydrogens is 291 g/mol. The second kappa shape index (κ2) is 4.55. The smallest absolute Gasteiger partial charge is 0.248 e. The predicted octanol–water partition coefficient (Wildman–Crippen LogP) is 4.11. The van der Waals surface area contributed by atoms with Crippen LogP contribution < -0.4 is 0 Å². The third kappa shape index (κ3) is 2.13. The molecule has 0 spiro atoms. The molecule has 0 bridgehead atoms. The van der Waals surface area contributed by atoms with Crippen LogP contribution in [0.15, 0.2) is 27.1 Å².